The molecule has 0 unspecified atom stereocenters. The van der Waals surface area contributed by atoms with Crippen LogP contribution in [-0.2, 0) is 9.53 Å². The molecule has 1 N–H and O–H groups in total. The number of carbonyl (C=O) groups is 1. The van der Waals surface area contributed by atoms with Crippen LogP contribution >= 0.6 is 0 Å². The van der Waals surface area contributed by atoms with Gasteiger partial charge in [0.15, 0.2) is 0 Å². The minimum absolute atomic E-state index is 0.110. The average Bonchev–Trinajstić information content (AvgIpc) is 2.43. The van der Waals surface area contributed by atoms with E-state index in [9.17, 15) is 4.79 Å². The summed E-state index contributed by atoms with van der Waals surface area (Å²) in [5.41, 5.74) is 0. The molecule has 5 rings (SSSR count). The average molecular weight is 263 g/mol. The third-order valence-corrected chi connectivity index (χ3v) is 6.06. The van der Waals surface area contributed by atoms with Gasteiger partial charge in [-0.1, -0.05) is 0 Å². The summed E-state index contributed by atoms with van der Waals surface area (Å²) >= 11 is 0. The zero-order valence-corrected chi connectivity index (χ0v) is 11.6. The lowest BCUT2D eigenvalue weighted by molar-refractivity contribution is -0.176. The summed E-state index contributed by atoms with van der Waals surface area (Å²) in [6.07, 6.45) is 8.98. The van der Waals surface area contributed by atoms with Crippen molar-refractivity contribution in [3.63, 3.8) is 0 Å². The van der Waals surface area contributed by atoms with E-state index < -0.39 is 0 Å². The molecule has 0 aromatic carbocycles. The second-order valence-corrected chi connectivity index (χ2v) is 7.36. The van der Waals surface area contributed by atoms with Gasteiger partial charge < -0.3 is 10.1 Å². The number of nitrogens with one attached hydrogen (secondary N) is 1. The summed E-state index contributed by atoms with van der Waals surface area (Å²) in [6.45, 7) is 1.95. The van der Waals surface area contributed by atoms with Crippen molar-refractivity contribution in [3.8, 4) is 0 Å². The number of ether oxygens (including phenoxy) is 1. The zero-order chi connectivity index (χ0) is 12.8. The summed E-state index contributed by atoms with van der Waals surface area (Å²) in [5, 5.41) is 3.32. The van der Waals surface area contributed by atoms with Crippen molar-refractivity contribution in [2.75, 3.05) is 13.1 Å². The van der Waals surface area contributed by atoms with Crippen LogP contribution in [0.5, 0.6) is 0 Å². The molecule has 0 aromatic heterocycles. The monoisotopic (exact) mass is 263 g/mol. The number of hydrogen-bond donors (Lipinski definition) is 1. The minimum atomic E-state index is 0.110. The predicted octanol–water partition coefficient (Wildman–Crippen LogP) is 2.35. The molecule has 106 valence electrons. The van der Waals surface area contributed by atoms with Gasteiger partial charge in [-0.2, -0.15) is 0 Å². The Morgan fingerprint density at radius 1 is 0.895 bits per heavy atom. The van der Waals surface area contributed by atoms with E-state index in [-0.39, 0.29) is 18.0 Å². The first-order chi connectivity index (χ1) is 9.29. The molecule has 0 radical (unpaired) electrons. The molecule has 3 heteroatoms. The Bertz CT molecular complexity index is 334. The number of rotatable bonds is 2. The maximum atomic E-state index is 12.3. The summed E-state index contributed by atoms with van der Waals surface area (Å²) < 4.78 is 6.00. The summed E-state index contributed by atoms with van der Waals surface area (Å²) in [4.78, 5) is 12.3. The SMILES string of the molecule is O=C(OC1C2CC3CC(C2)CC1C3)C1CCNCC1. The Hall–Kier alpha value is -0.570. The van der Waals surface area contributed by atoms with Crippen LogP contribution in [0.4, 0.5) is 0 Å². The van der Waals surface area contributed by atoms with E-state index in [4.69, 9.17) is 4.74 Å². The van der Waals surface area contributed by atoms with Gasteiger partial charge in [0.2, 0.25) is 0 Å². The Balaban J connectivity index is 1.41. The fourth-order valence-corrected chi connectivity index (χ4v) is 5.36. The number of esters is 1. The van der Waals surface area contributed by atoms with Gasteiger partial charge in [0.25, 0.3) is 0 Å². The standard InChI is InChI=1S/C16H25NO2/c18-16(12-1-3-17-4-2-12)19-15-13-6-10-5-11(8-13)9-14(15)7-10/h10-15,17H,1-9H2. The zero-order valence-electron chi connectivity index (χ0n) is 11.6. The molecular formula is C16H25NO2. The quantitative estimate of drug-likeness (QED) is 0.777. The second kappa shape index (κ2) is 4.76. The molecule has 19 heavy (non-hydrogen) atoms. The topological polar surface area (TPSA) is 38.3 Å². The lowest BCUT2D eigenvalue weighted by atomic mass is 9.55. The molecule has 4 saturated carbocycles. The van der Waals surface area contributed by atoms with Gasteiger partial charge in [0.05, 0.1) is 5.92 Å². The highest BCUT2D eigenvalue weighted by Crippen LogP contribution is 2.54. The molecule has 0 spiro atoms. The first-order valence-electron chi connectivity index (χ1n) is 8.21. The first kappa shape index (κ1) is 12.2. The highest BCUT2D eigenvalue weighted by molar-refractivity contribution is 5.72. The molecule has 4 aliphatic carbocycles. The summed E-state index contributed by atoms with van der Waals surface area (Å²) in [6, 6.07) is 0. The highest BCUT2D eigenvalue weighted by Gasteiger charge is 2.50. The molecule has 0 amide bonds. The number of carbonyl (C=O) groups excluding carboxylic acids is 1. The summed E-state index contributed by atoms with van der Waals surface area (Å²) in [5.74, 6) is 3.58. The van der Waals surface area contributed by atoms with Crippen molar-refractivity contribution in [2.24, 2.45) is 29.6 Å². The van der Waals surface area contributed by atoms with Gasteiger partial charge in [-0.05, 0) is 81.7 Å². The fraction of sp³-hybridized carbons (Fsp3) is 0.938. The van der Waals surface area contributed by atoms with E-state index in [2.05, 4.69) is 5.32 Å². The molecule has 4 bridgehead atoms. The maximum Gasteiger partial charge on any atom is 0.309 e. The van der Waals surface area contributed by atoms with Gasteiger partial charge in [-0.3, -0.25) is 4.79 Å². The van der Waals surface area contributed by atoms with E-state index in [0.29, 0.717) is 11.8 Å². The highest BCUT2D eigenvalue weighted by atomic mass is 16.5. The lowest BCUT2D eigenvalue weighted by Gasteiger charge is -2.53. The number of piperidine rings is 1. The van der Waals surface area contributed by atoms with Gasteiger partial charge >= 0.3 is 5.97 Å². The van der Waals surface area contributed by atoms with Gasteiger partial charge in [0, 0.05) is 0 Å². The molecule has 5 fully saturated rings. The van der Waals surface area contributed by atoms with E-state index in [1.807, 2.05) is 0 Å². The second-order valence-electron chi connectivity index (χ2n) is 7.36. The van der Waals surface area contributed by atoms with Crippen molar-refractivity contribution >= 4 is 5.97 Å². The molecular weight excluding hydrogens is 238 g/mol. The van der Waals surface area contributed by atoms with Crippen LogP contribution in [0.2, 0.25) is 0 Å². The lowest BCUT2D eigenvalue weighted by Crippen LogP contribution is -2.50. The van der Waals surface area contributed by atoms with Crippen LogP contribution in [0.3, 0.4) is 0 Å². The molecule has 0 atom stereocenters. The van der Waals surface area contributed by atoms with Crippen LogP contribution in [0, 0.1) is 29.6 Å². The molecule has 3 nitrogen and oxygen atoms in total. The summed E-state index contributed by atoms with van der Waals surface area (Å²) in [7, 11) is 0. The molecule has 0 aromatic rings. The molecule has 5 aliphatic rings. The number of hydrogen-bond acceptors (Lipinski definition) is 3. The van der Waals surface area contributed by atoms with E-state index in [1.165, 1.54) is 32.1 Å². The van der Waals surface area contributed by atoms with Crippen LogP contribution < -0.4 is 5.32 Å². The Kier molecular flexibility index (Phi) is 3.06. The van der Waals surface area contributed by atoms with Gasteiger partial charge in [0.1, 0.15) is 6.10 Å². The Labute approximate surface area is 115 Å². The van der Waals surface area contributed by atoms with Crippen molar-refractivity contribution in [2.45, 2.75) is 51.0 Å². The van der Waals surface area contributed by atoms with Crippen LogP contribution in [0.15, 0.2) is 0 Å². The third-order valence-electron chi connectivity index (χ3n) is 6.06. The minimum Gasteiger partial charge on any atom is -0.462 e. The van der Waals surface area contributed by atoms with E-state index in [1.54, 1.807) is 0 Å². The van der Waals surface area contributed by atoms with Crippen molar-refractivity contribution in [1.82, 2.24) is 5.32 Å². The van der Waals surface area contributed by atoms with Crippen molar-refractivity contribution < 1.29 is 9.53 Å². The van der Waals surface area contributed by atoms with E-state index in [0.717, 1.165) is 37.8 Å². The molecule has 1 saturated heterocycles. The third kappa shape index (κ3) is 2.20. The maximum absolute atomic E-state index is 12.3. The van der Waals surface area contributed by atoms with Crippen molar-refractivity contribution in [3.05, 3.63) is 0 Å². The van der Waals surface area contributed by atoms with Gasteiger partial charge in [-0.15, -0.1) is 0 Å². The smallest absolute Gasteiger partial charge is 0.309 e. The first-order valence-corrected chi connectivity index (χ1v) is 8.21. The fourth-order valence-electron chi connectivity index (χ4n) is 5.36. The largest absolute Gasteiger partial charge is 0.462 e. The van der Waals surface area contributed by atoms with Crippen LogP contribution in [0.1, 0.15) is 44.9 Å². The Morgan fingerprint density at radius 2 is 1.47 bits per heavy atom. The van der Waals surface area contributed by atoms with Gasteiger partial charge in [-0.25, -0.2) is 0 Å². The predicted molar refractivity (Wildman–Crippen MR) is 72.5 cm³/mol. The van der Waals surface area contributed by atoms with Crippen molar-refractivity contribution in [1.29, 1.82) is 0 Å². The van der Waals surface area contributed by atoms with Crippen LogP contribution in [-0.4, -0.2) is 25.2 Å². The Morgan fingerprint density at radius 3 is 2.05 bits per heavy atom. The molecule has 1 aliphatic heterocycles. The van der Waals surface area contributed by atoms with Crippen LogP contribution in [0.25, 0.3) is 0 Å². The normalized spacial score (nSPS) is 45.4. The van der Waals surface area contributed by atoms with E-state index >= 15 is 0 Å². The molecule has 1 heterocycles.